The van der Waals surface area contributed by atoms with Crippen LogP contribution in [0.2, 0.25) is 0 Å². The average molecular weight is 437 g/mol. The molecular formula is C16H28N4O6S2. The van der Waals surface area contributed by atoms with Gasteiger partial charge in [-0.1, -0.05) is 0 Å². The van der Waals surface area contributed by atoms with Gasteiger partial charge >= 0.3 is 5.97 Å². The summed E-state index contributed by atoms with van der Waals surface area (Å²) >= 11 is 5.56. The van der Waals surface area contributed by atoms with Gasteiger partial charge in [0.05, 0.1) is 12.6 Å². The predicted octanol–water partition coefficient (Wildman–Crippen LogP) is -2.05. The number of carbonyl (C=O) groups is 4. The second-order valence-electron chi connectivity index (χ2n) is 6.32. The highest BCUT2D eigenvalue weighted by molar-refractivity contribution is 7.98. The lowest BCUT2D eigenvalue weighted by Crippen LogP contribution is -2.58. The van der Waals surface area contributed by atoms with E-state index in [0.717, 1.165) is 13.0 Å². The number of amides is 3. The third-order valence-electron chi connectivity index (χ3n) is 4.23. The number of thioether (sulfide) groups is 1. The van der Waals surface area contributed by atoms with E-state index in [1.54, 1.807) is 0 Å². The standard InChI is InChI=1S/C16H28N4O6S2/c1-28-6-4-10(14(23)19-11(7-21)16(25)26)18-15(24)12(8-27)20-13(22)9-3-2-5-17-9/h9-12,17,21,27H,2-8H2,1H3,(H,18,24)(H,19,23)(H,20,22)(H,25,26). The SMILES string of the molecule is CSCCC(NC(=O)C(CS)NC(=O)C1CCCN1)C(=O)NC(CO)C(=O)O. The van der Waals surface area contributed by atoms with Crippen LogP contribution in [-0.4, -0.2) is 89.0 Å². The van der Waals surface area contributed by atoms with Crippen molar-refractivity contribution in [2.45, 2.75) is 43.4 Å². The molecule has 28 heavy (non-hydrogen) atoms. The van der Waals surface area contributed by atoms with Crippen molar-refractivity contribution in [2.24, 2.45) is 0 Å². The van der Waals surface area contributed by atoms with Crippen molar-refractivity contribution in [3.05, 3.63) is 0 Å². The summed E-state index contributed by atoms with van der Waals surface area (Å²) in [6.07, 6.45) is 3.65. The summed E-state index contributed by atoms with van der Waals surface area (Å²) in [5.74, 6) is -2.41. The van der Waals surface area contributed by atoms with E-state index in [-0.39, 0.29) is 24.1 Å². The molecule has 12 heteroatoms. The monoisotopic (exact) mass is 436 g/mol. The molecule has 0 aromatic rings. The fraction of sp³-hybridized carbons (Fsp3) is 0.750. The Morgan fingerprint density at radius 2 is 1.79 bits per heavy atom. The van der Waals surface area contributed by atoms with E-state index >= 15 is 0 Å². The van der Waals surface area contributed by atoms with Crippen molar-refractivity contribution in [1.82, 2.24) is 21.3 Å². The van der Waals surface area contributed by atoms with Crippen LogP contribution in [0.3, 0.4) is 0 Å². The molecule has 4 unspecified atom stereocenters. The molecule has 4 atom stereocenters. The van der Waals surface area contributed by atoms with E-state index in [4.69, 9.17) is 10.2 Å². The van der Waals surface area contributed by atoms with E-state index in [1.165, 1.54) is 11.8 Å². The zero-order valence-corrected chi connectivity index (χ0v) is 17.4. The van der Waals surface area contributed by atoms with E-state index < -0.39 is 42.5 Å². The summed E-state index contributed by atoms with van der Waals surface area (Å²) in [5.41, 5.74) is 0. The summed E-state index contributed by atoms with van der Waals surface area (Å²) in [5, 5.41) is 28.4. The number of aliphatic hydroxyl groups excluding tert-OH is 1. The number of carboxylic acid groups (broad SMARTS) is 1. The molecule has 10 nitrogen and oxygen atoms in total. The number of rotatable bonds is 12. The van der Waals surface area contributed by atoms with Crippen molar-refractivity contribution >= 4 is 48.1 Å². The highest BCUT2D eigenvalue weighted by atomic mass is 32.2. The first-order valence-electron chi connectivity index (χ1n) is 8.92. The summed E-state index contributed by atoms with van der Waals surface area (Å²) in [6, 6.07) is -3.75. The van der Waals surface area contributed by atoms with Gasteiger partial charge in [-0.25, -0.2) is 4.79 Å². The maximum absolute atomic E-state index is 12.5. The zero-order valence-electron chi connectivity index (χ0n) is 15.6. The van der Waals surface area contributed by atoms with Crippen molar-refractivity contribution in [2.75, 3.05) is 30.9 Å². The van der Waals surface area contributed by atoms with Crippen LogP contribution >= 0.6 is 24.4 Å². The molecular weight excluding hydrogens is 408 g/mol. The molecule has 0 radical (unpaired) electrons. The Labute approximate surface area is 173 Å². The number of nitrogens with one attached hydrogen (secondary N) is 4. The lowest BCUT2D eigenvalue weighted by molar-refractivity contribution is -0.143. The second-order valence-corrected chi connectivity index (χ2v) is 7.67. The smallest absolute Gasteiger partial charge is 0.328 e. The van der Waals surface area contributed by atoms with Crippen LogP contribution < -0.4 is 21.3 Å². The van der Waals surface area contributed by atoms with Crippen LogP contribution in [0.15, 0.2) is 0 Å². The number of aliphatic carboxylic acids is 1. The minimum atomic E-state index is -1.46. The van der Waals surface area contributed by atoms with Gasteiger partial charge in [0.15, 0.2) is 0 Å². The van der Waals surface area contributed by atoms with Crippen molar-refractivity contribution in [1.29, 1.82) is 0 Å². The third-order valence-corrected chi connectivity index (χ3v) is 5.24. The molecule has 6 N–H and O–H groups in total. The lowest BCUT2D eigenvalue weighted by Gasteiger charge is -2.24. The average Bonchev–Trinajstić information content (AvgIpc) is 3.21. The quantitative estimate of drug-likeness (QED) is 0.172. The highest BCUT2D eigenvalue weighted by Gasteiger charge is 2.30. The Hall–Kier alpha value is -1.50. The Balaban J connectivity index is 2.72. The second kappa shape index (κ2) is 12.9. The summed E-state index contributed by atoms with van der Waals surface area (Å²) < 4.78 is 0. The highest BCUT2D eigenvalue weighted by Crippen LogP contribution is 2.06. The van der Waals surface area contributed by atoms with Crippen molar-refractivity contribution < 1.29 is 29.4 Å². The summed E-state index contributed by atoms with van der Waals surface area (Å²) in [4.78, 5) is 48.1. The van der Waals surface area contributed by atoms with E-state index in [1.807, 2.05) is 6.26 Å². The zero-order chi connectivity index (χ0) is 21.1. The minimum absolute atomic E-state index is 0.0373. The molecule has 0 spiro atoms. The Bertz CT molecular complexity index is 559. The van der Waals surface area contributed by atoms with Crippen molar-refractivity contribution in [3.63, 3.8) is 0 Å². The van der Waals surface area contributed by atoms with Crippen LogP contribution in [0.5, 0.6) is 0 Å². The number of aliphatic hydroxyl groups is 1. The van der Waals surface area contributed by atoms with E-state index in [0.29, 0.717) is 12.2 Å². The first-order valence-corrected chi connectivity index (χ1v) is 10.9. The molecule has 0 aromatic heterocycles. The van der Waals surface area contributed by atoms with Gasteiger partial charge in [-0.3, -0.25) is 14.4 Å². The first-order chi connectivity index (χ1) is 13.3. The minimum Gasteiger partial charge on any atom is -0.480 e. The number of carbonyl (C=O) groups excluding carboxylic acids is 3. The summed E-state index contributed by atoms with van der Waals surface area (Å²) in [6.45, 7) is -0.0314. The third kappa shape index (κ3) is 7.86. The van der Waals surface area contributed by atoms with Crippen LogP contribution in [-0.2, 0) is 19.2 Å². The predicted molar refractivity (Wildman–Crippen MR) is 108 cm³/mol. The first kappa shape index (κ1) is 24.5. The number of thiol groups is 1. The molecule has 0 aliphatic carbocycles. The van der Waals surface area contributed by atoms with Gasteiger partial charge in [0.1, 0.15) is 18.1 Å². The Morgan fingerprint density at radius 3 is 2.29 bits per heavy atom. The van der Waals surface area contributed by atoms with Gasteiger partial charge < -0.3 is 31.5 Å². The maximum atomic E-state index is 12.5. The molecule has 160 valence electrons. The van der Waals surface area contributed by atoms with E-state index in [9.17, 15) is 19.2 Å². The Kier molecular flexibility index (Phi) is 11.3. The fourth-order valence-corrected chi connectivity index (χ4v) is 3.34. The van der Waals surface area contributed by atoms with Gasteiger partial charge in [0.25, 0.3) is 0 Å². The molecule has 1 saturated heterocycles. The maximum Gasteiger partial charge on any atom is 0.328 e. The van der Waals surface area contributed by atoms with Crippen LogP contribution in [0.4, 0.5) is 0 Å². The van der Waals surface area contributed by atoms with Gasteiger partial charge in [0, 0.05) is 5.75 Å². The van der Waals surface area contributed by atoms with Crippen molar-refractivity contribution in [3.8, 4) is 0 Å². The normalized spacial score (nSPS) is 19.3. The van der Waals surface area contributed by atoms with Crippen LogP contribution in [0.25, 0.3) is 0 Å². The number of hydrogen-bond donors (Lipinski definition) is 7. The van der Waals surface area contributed by atoms with E-state index in [2.05, 4.69) is 33.9 Å². The molecule has 0 bridgehead atoms. The van der Waals surface area contributed by atoms with Gasteiger partial charge in [0.2, 0.25) is 17.7 Å². The molecule has 1 aliphatic heterocycles. The lowest BCUT2D eigenvalue weighted by atomic mass is 10.1. The Morgan fingerprint density at radius 1 is 1.14 bits per heavy atom. The molecule has 0 saturated carbocycles. The van der Waals surface area contributed by atoms with Gasteiger partial charge in [-0.15, -0.1) is 0 Å². The van der Waals surface area contributed by atoms with Crippen LogP contribution in [0.1, 0.15) is 19.3 Å². The van der Waals surface area contributed by atoms with Crippen LogP contribution in [0, 0.1) is 0 Å². The fourth-order valence-electron chi connectivity index (χ4n) is 2.61. The molecule has 1 rings (SSSR count). The molecule has 1 fully saturated rings. The van der Waals surface area contributed by atoms with Gasteiger partial charge in [-0.2, -0.15) is 24.4 Å². The molecule has 0 aromatic carbocycles. The largest absolute Gasteiger partial charge is 0.480 e. The topological polar surface area (TPSA) is 157 Å². The number of hydrogen-bond acceptors (Lipinski definition) is 8. The molecule has 1 heterocycles. The number of carboxylic acids is 1. The van der Waals surface area contributed by atoms with Gasteiger partial charge in [-0.05, 0) is 37.8 Å². The molecule has 3 amide bonds. The summed E-state index contributed by atoms with van der Waals surface area (Å²) in [7, 11) is 0. The molecule has 1 aliphatic rings.